The highest BCUT2D eigenvalue weighted by atomic mass is 16.5. The Balaban J connectivity index is 2.15. The number of aromatic hydroxyl groups is 1. The summed E-state index contributed by atoms with van der Waals surface area (Å²) in [6.45, 7) is 0.596. The van der Waals surface area contributed by atoms with Crippen LogP contribution in [0.15, 0.2) is 18.2 Å². The number of carbonyl (C=O) groups excluding carboxylic acids is 1. The van der Waals surface area contributed by atoms with Crippen LogP contribution in [0, 0.1) is 5.92 Å². The van der Waals surface area contributed by atoms with Gasteiger partial charge in [0.25, 0.3) is 0 Å². The number of phenols is 1. The lowest BCUT2D eigenvalue weighted by molar-refractivity contribution is 0.111. The minimum Gasteiger partial charge on any atom is -0.504 e. The molecular weight excluding hydrogens is 180 g/mol. The van der Waals surface area contributed by atoms with Gasteiger partial charge in [0.15, 0.2) is 17.8 Å². The molecule has 1 saturated carbocycles. The van der Waals surface area contributed by atoms with E-state index in [1.165, 1.54) is 18.9 Å². The lowest BCUT2D eigenvalue weighted by Gasteiger charge is -2.08. The highest BCUT2D eigenvalue weighted by Gasteiger charge is 2.23. The van der Waals surface area contributed by atoms with E-state index in [0.717, 1.165) is 0 Å². The van der Waals surface area contributed by atoms with Crippen molar-refractivity contribution in [3.05, 3.63) is 23.8 Å². The summed E-state index contributed by atoms with van der Waals surface area (Å²) in [4.78, 5) is 10.6. The third-order valence-electron chi connectivity index (χ3n) is 2.31. The van der Waals surface area contributed by atoms with E-state index in [-0.39, 0.29) is 5.75 Å². The second kappa shape index (κ2) is 3.70. The first-order chi connectivity index (χ1) is 6.81. The number of para-hydroxylation sites is 1. The molecule has 0 atom stereocenters. The predicted octanol–water partition coefficient (Wildman–Crippen LogP) is 1.99. The van der Waals surface area contributed by atoms with Crippen LogP contribution in [0.5, 0.6) is 11.5 Å². The maximum absolute atomic E-state index is 10.6. The van der Waals surface area contributed by atoms with Crippen molar-refractivity contribution in [2.75, 3.05) is 6.61 Å². The Kier molecular flexibility index (Phi) is 2.39. The van der Waals surface area contributed by atoms with Gasteiger partial charge >= 0.3 is 0 Å². The van der Waals surface area contributed by atoms with Gasteiger partial charge in [-0.05, 0) is 30.9 Å². The van der Waals surface area contributed by atoms with Crippen LogP contribution in [0.2, 0.25) is 0 Å². The maximum atomic E-state index is 10.6. The van der Waals surface area contributed by atoms with E-state index < -0.39 is 0 Å². The van der Waals surface area contributed by atoms with Gasteiger partial charge in [0.2, 0.25) is 0 Å². The fourth-order valence-electron chi connectivity index (χ4n) is 1.28. The van der Waals surface area contributed by atoms with Crippen molar-refractivity contribution in [1.29, 1.82) is 0 Å². The van der Waals surface area contributed by atoms with Gasteiger partial charge in [0.1, 0.15) is 0 Å². The zero-order chi connectivity index (χ0) is 9.97. The monoisotopic (exact) mass is 192 g/mol. The van der Waals surface area contributed by atoms with E-state index in [0.29, 0.717) is 30.1 Å². The first kappa shape index (κ1) is 9.06. The van der Waals surface area contributed by atoms with E-state index >= 15 is 0 Å². The van der Waals surface area contributed by atoms with E-state index in [1.807, 2.05) is 0 Å². The van der Waals surface area contributed by atoms with Gasteiger partial charge in [-0.2, -0.15) is 0 Å². The minimum atomic E-state index is 0.0373. The van der Waals surface area contributed by atoms with E-state index in [9.17, 15) is 9.90 Å². The Hall–Kier alpha value is -1.51. The predicted molar refractivity (Wildman–Crippen MR) is 51.7 cm³/mol. The SMILES string of the molecule is O=Cc1cccc(O)c1OCC1CC1. The number of carbonyl (C=O) groups is 1. The molecule has 3 nitrogen and oxygen atoms in total. The summed E-state index contributed by atoms with van der Waals surface area (Å²) in [6, 6.07) is 4.78. The third kappa shape index (κ3) is 1.87. The summed E-state index contributed by atoms with van der Waals surface area (Å²) in [7, 11) is 0. The van der Waals surface area contributed by atoms with Gasteiger partial charge in [0.05, 0.1) is 12.2 Å². The lowest BCUT2D eigenvalue weighted by Crippen LogP contribution is -2.01. The second-order valence-corrected chi connectivity index (χ2v) is 3.57. The number of ether oxygens (including phenoxy) is 1. The fourth-order valence-corrected chi connectivity index (χ4v) is 1.28. The van der Waals surface area contributed by atoms with Crippen molar-refractivity contribution in [3.63, 3.8) is 0 Å². The number of phenolic OH excluding ortho intramolecular Hbond substituents is 1. The highest BCUT2D eigenvalue weighted by molar-refractivity contribution is 5.80. The van der Waals surface area contributed by atoms with Crippen LogP contribution in [-0.4, -0.2) is 18.0 Å². The normalized spacial score (nSPS) is 15.1. The molecule has 0 bridgehead atoms. The van der Waals surface area contributed by atoms with Crippen molar-refractivity contribution in [2.45, 2.75) is 12.8 Å². The van der Waals surface area contributed by atoms with Crippen LogP contribution in [0.3, 0.4) is 0 Å². The Morgan fingerprint density at radius 1 is 1.50 bits per heavy atom. The molecule has 0 radical (unpaired) electrons. The quantitative estimate of drug-likeness (QED) is 0.742. The molecule has 0 saturated heterocycles. The largest absolute Gasteiger partial charge is 0.504 e. The smallest absolute Gasteiger partial charge is 0.171 e. The van der Waals surface area contributed by atoms with Gasteiger partial charge in [-0.3, -0.25) is 4.79 Å². The molecule has 0 spiro atoms. The van der Waals surface area contributed by atoms with Crippen molar-refractivity contribution in [2.24, 2.45) is 5.92 Å². The molecule has 0 unspecified atom stereocenters. The Morgan fingerprint density at radius 3 is 2.93 bits per heavy atom. The lowest BCUT2D eigenvalue weighted by atomic mass is 10.2. The first-order valence-corrected chi connectivity index (χ1v) is 4.71. The van der Waals surface area contributed by atoms with Crippen LogP contribution in [-0.2, 0) is 0 Å². The van der Waals surface area contributed by atoms with Crippen LogP contribution < -0.4 is 4.74 Å². The van der Waals surface area contributed by atoms with Crippen LogP contribution in [0.1, 0.15) is 23.2 Å². The fraction of sp³-hybridized carbons (Fsp3) is 0.364. The van der Waals surface area contributed by atoms with Gasteiger partial charge in [-0.15, -0.1) is 0 Å². The molecule has 1 N–H and O–H groups in total. The average molecular weight is 192 g/mol. The van der Waals surface area contributed by atoms with E-state index in [4.69, 9.17) is 4.74 Å². The van der Waals surface area contributed by atoms with Crippen LogP contribution >= 0.6 is 0 Å². The van der Waals surface area contributed by atoms with Gasteiger partial charge in [-0.1, -0.05) is 6.07 Å². The Morgan fingerprint density at radius 2 is 2.29 bits per heavy atom. The van der Waals surface area contributed by atoms with Crippen molar-refractivity contribution in [3.8, 4) is 11.5 Å². The molecular formula is C11H12O3. The number of aldehydes is 1. The molecule has 1 aliphatic rings. The van der Waals surface area contributed by atoms with Crippen LogP contribution in [0.25, 0.3) is 0 Å². The van der Waals surface area contributed by atoms with Crippen LogP contribution in [0.4, 0.5) is 0 Å². The van der Waals surface area contributed by atoms with Gasteiger partial charge < -0.3 is 9.84 Å². The van der Waals surface area contributed by atoms with Gasteiger partial charge in [0, 0.05) is 0 Å². The standard InChI is InChI=1S/C11H12O3/c12-6-9-2-1-3-10(13)11(9)14-7-8-4-5-8/h1-3,6,8,13H,4-5,7H2. The minimum absolute atomic E-state index is 0.0373. The number of benzene rings is 1. The molecule has 0 heterocycles. The molecule has 74 valence electrons. The molecule has 3 heteroatoms. The first-order valence-electron chi connectivity index (χ1n) is 4.71. The van der Waals surface area contributed by atoms with E-state index in [2.05, 4.69) is 0 Å². The second-order valence-electron chi connectivity index (χ2n) is 3.57. The van der Waals surface area contributed by atoms with Crippen molar-refractivity contribution >= 4 is 6.29 Å². The number of hydrogen-bond acceptors (Lipinski definition) is 3. The summed E-state index contributed by atoms with van der Waals surface area (Å²) >= 11 is 0. The van der Waals surface area contributed by atoms with E-state index in [1.54, 1.807) is 12.1 Å². The highest BCUT2D eigenvalue weighted by Crippen LogP contribution is 2.33. The molecule has 14 heavy (non-hydrogen) atoms. The third-order valence-corrected chi connectivity index (χ3v) is 2.31. The molecule has 1 aromatic rings. The Bertz CT molecular complexity index is 342. The van der Waals surface area contributed by atoms with Gasteiger partial charge in [-0.25, -0.2) is 0 Å². The molecule has 1 aromatic carbocycles. The molecule has 2 rings (SSSR count). The molecule has 1 aliphatic carbocycles. The summed E-state index contributed by atoms with van der Waals surface area (Å²) in [5, 5.41) is 9.47. The zero-order valence-electron chi connectivity index (χ0n) is 7.77. The maximum Gasteiger partial charge on any atom is 0.171 e. The molecule has 0 aliphatic heterocycles. The van der Waals surface area contributed by atoms with Crippen molar-refractivity contribution in [1.82, 2.24) is 0 Å². The summed E-state index contributed by atoms with van der Waals surface area (Å²) < 4.78 is 5.40. The van der Waals surface area contributed by atoms with Crippen molar-refractivity contribution < 1.29 is 14.6 Å². The summed E-state index contributed by atoms with van der Waals surface area (Å²) in [5.41, 5.74) is 0.408. The Labute approximate surface area is 82.3 Å². The number of rotatable bonds is 4. The summed E-state index contributed by atoms with van der Waals surface area (Å²) in [5.74, 6) is 0.957. The number of hydrogen-bond donors (Lipinski definition) is 1. The zero-order valence-corrected chi connectivity index (χ0v) is 7.77. The summed E-state index contributed by atoms with van der Waals surface area (Å²) in [6.07, 6.45) is 3.07. The molecule has 1 fully saturated rings. The topological polar surface area (TPSA) is 46.5 Å². The molecule has 0 aromatic heterocycles. The average Bonchev–Trinajstić information content (AvgIpc) is 2.99. The molecule has 0 amide bonds.